The summed E-state index contributed by atoms with van der Waals surface area (Å²) in [5.74, 6) is 0.444. The van der Waals surface area contributed by atoms with E-state index in [4.69, 9.17) is 9.47 Å². The second kappa shape index (κ2) is 7.57. The molecule has 1 N–H and O–H groups in total. The van der Waals surface area contributed by atoms with Crippen molar-refractivity contribution in [2.45, 2.75) is 18.7 Å². The van der Waals surface area contributed by atoms with Gasteiger partial charge < -0.3 is 14.8 Å². The SMILES string of the molecule is CCS(=O)(=O)c1ccccc1C(=O)Nc1cc(OC)c(OC)cc1C. The maximum atomic E-state index is 12.7. The number of aryl methyl sites for hydroxylation is 1. The van der Waals surface area contributed by atoms with Crippen molar-refractivity contribution >= 4 is 21.4 Å². The van der Waals surface area contributed by atoms with Crippen LogP contribution in [-0.4, -0.2) is 34.3 Å². The van der Waals surface area contributed by atoms with Gasteiger partial charge in [-0.2, -0.15) is 0 Å². The second-order valence-electron chi connectivity index (χ2n) is 5.38. The highest BCUT2D eigenvalue weighted by Gasteiger charge is 2.21. The normalized spacial score (nSPS) is 11.0. The molecule has 1 amide bonds. The zero-order valence-electron chi connectivity index (χ0n) is 14.6. The van der Waals surface area contributed by atoms with Gasteiger partial charge in [-0.05, 0) is 30.7 Å². The number of amides is 1. The Morgan fingerprint density at radius 3 is 2.28 bits per heavy atom. The number of anilines is 1. The molecule has 0 aromatic heterocycles. The number of hydrogen-bond acceptors (Lipinski definition) is 5. The monoisotopic (exact) mass is 363 g/mol. The van der Waals surface area contributed by atoms with E-state index >= 15 is 0 Å². The van der Waals surface area contributed by atoms with Crippen LogP contribution < -0.4 is 14.8 Å². The minimum atomic E-state index is -3.51. The summed E-state index contributed by atoms with van der Waals surface area (Å²) >= 11 is 0. The van der Waals surface area contributed by atoms with E-state index in [0.29, 0.717) is 17.2 Å². The molecule has 0 saturated carbocycles. The van der Waals surface area contributed by atoms with Crippen LogP contribution in [-0.2, 0) is 9.84 Å². The summed E-state index contributed by atoms with van der Waals surface area (Å²) in [6, 6.07) is 9.54. The third kappa shape index (κ3) is 3.93. The van der Waals surface area contributed by atoms with E-state index in [-0.39, 0.29) is 16.2 Å². The number of nitrogens with one attached hydrogen (secondary N) is 1. The highest BCUT2D eigenvalue weighted by molar-refractivity contribution is 7.91. The summed E-state index contributed by atoms with van der Waals surface area (Å²) < 4.78 is 34.9. The number of ether oxygens (including phenoxy) is 2. The molecular weight excluding hydrogens is 342 g/mol. The minimum absolute atomic E-state index is 0.0214. The van der Waals surface area contributed by atoms with Crippen LogP contribution >= 0.6 is 0 Å². The van der Waals surface area contributed by atoms with E-state index in [9.17, 15) is 13.2 Å². The second-order valence-corrected chi connectivity index (χ2v) is 7.62. The van der Waals surface area contributed by atoms with Gasteiger partial charge in [0.2, 0.25) is 0 Å². The molecule has 0 spiro atoms. The Kier molecular flexibility index (Phi) is 5.69. The average Bonchev–Trinajstić information content (AvgIpc) is 2.62. The smallest absolute Gasteiger partial charge is 0.256 e. The van der Waals surface area contributed by atoms with E-state index in [1.54, 1.807) is 31.2 Å². The van der Waals surface area contributed by atoms with Crippen LogP contribution in [0.4, 0.5) is 5.69 Å². The highest BCUT2D eigenvalue weighted by atomic mass is 32.2. The maximum absolute atomic E-state index is 12.7. The van der Waals surface area contributed by atoms with Crippen molar-refractivity contribution < 1.29 is 22.7 Å². The van der Waals surface area contributed by atoms with Crippen LogP contribution in [0.2, 0.25) is 0 Å². The van der Waals surface area contributed by atoms with Gasteiger partial charge in [0.1, 0.15) is 0 Å². The predicted molar refractivity (Wildman–Crippen MR) is 96.4 cm³/mol. The van der Waals surface area contributed by atoms with Crippen molar-refractivity contribution in [3.05, 3.63) is 47.5 Å². The number of carbonyl (C=O) groups is 1. The van der Waals surface area contributed by atoms with Gasteiger partial charge in [0.15, 0.2) is 21.3 Å². The van der Waals surface area contributed by atoms with Gasteiger partial charge in [0.05, 0.1) is 30.4 Å². The molecule has 0 saturated heterocycles. The summed E-state index contributed by atoms with van der Waals surface area (Å²) in [6.45, 7) is 3.36. The number of hydrogen-bond donors (Lipinski definition) is 1. The largest absolute Gasteiger partial charge is 0.493 e. The summed E-state index contributed by atoms with van der Waals surface area (Å²) in [5, 5.41) is 2.75. The third-order valence-corrected chi connectivity index (χ3v) is 5.61. The Labute approximate surface area is 147 Å². The quantitative estimate of drug-likeness (QED) is 0.853. The van der Waals surface area contributed by atoms with Gasteiger partial charge in [-0.1, -0.05) is 19.1 Å². The molecule has 0 bridgehead atoms. The fourth-order valence-corrected chi connectivity index (χ4v) is 3.48. The van der Waals surface area contributed by atoms with E-state index < -0.39 is 15.7 Å². The summed E-state index contributed by atoms with van der Waals surface area (Å²) in [6.07, 6.45) is 0. The number of sulfone groups is 1. The average molecular weight is 363 g/mol. The van der Waals surface area contributed by atoms with Crippen molar-refractivity contribution in [1.29, 1.82) is 0 Å². The van der Waals surface area contributed by atoms with Crippen molar-refractivity contribution in [3.8, 4) is 11.5 Å². The zero-order valence-corrected chi connectivity index (χ0v) is 15.4. The molecule has 0 heterocycles. The zero-order chi connectivity index (χ0) is 18.6. The molecule has 7 heteroatoms. The molecule has 6 nitrogen and oxygen atoms in total. The Morgan fingerprint density at radius 2 is 1.68 bits per heavy atom. The predicted octanol–water partition coefficient (Wildman–Crippen LogP) is 3.06. The fraction of sp³-hybridized carbons (Fsp3) is 0.278. The number of rotatable bonds is 6. The summed E-state index contributed by atoms with van der Waals surface area (Å²) in [7, 11) is -0.474. The minimum Gasteiger partial charge on any atom is -0.493 e. The molecule has 0 aliphatic carbocycles. The number of carbonyl (C=O) groups excluding carboxylic acids is 1. The third-order valence-electron chi connectivity index (χ3n) is 3.83. The number of benzene rings is 2. The lowest BCUT2D eigenvalue weighted by Gasteiger charge is -2.15. The Morgan fingerprint density at radius 1 is 1.08 bits per heavy atom. The van der Waals surface area contributed by atoms with E-state index in [0.717, 1.165) is 5.56 Å². The van der Waals surface area contributed by atoms with E-state index in [1.165, 1.54) is 26.4 Å². The molecule has 0 aliphatic heterocycles. The Hall–Kier alpha value is -2.54. The van der Waals surface area contributed by atoms with Crippen LogP contribution in [0.25, 0.3) is 0 Å². The van der Waals surface area contributed by atoms with E-state index in [1.807, 2.05) is 6.92 Å². The molecule has 0 atom stereocenters. The van der Waals surface area contributed by atoms with Gasteiger partial charge in [-0.15, -0.1) is 0 Å². The Balaban J connectivity index is 2.42. The molecule has 134 valence electrons. The van der Waals surface area contributed by atoms with Crippen LogP contribution in [0.5, 0.6) is 11.5 Å². The molecule has 0 aliphatic rings. The van der Waals surface area contributed by atoms with Crippen LogP contribution in [0.15, 0.2) is 41.3 Å². The molecular formula is C18H21NO5S. The van der Waals surface area contributed by atoms with Gasteiger partial charge in [-0.25, -0.2) is 8.42 Å². The van der Waals surface area contributed by atoms with Crippen molar-refractivity contribution in [2.75, 3.05) is 25.3 Å². The summed E-state index contributed by atoms with van der Waals surface area (Å²) in [4.78, 5) is 12.7. The van der Waals surface area contributed by atoms with Gasteiger partial charge in [-0.3, -0.25) is 4.79 Å². The molecule has 2 aromatic rings. The van der Waals surface area contributed by atoms with Crippen LogP contribution in [0, 0.1) is 6.92 Å². The molecule has 2 aromatic carbocycles. The molecule has 0 unspecified atom stereocenters. The lowest BCUT2D eigenvalue weighted by atomic mass is 10.1. The fourth-order valence-electron chi connectivity index (χ4n) is 2.39. The first-order chi connectivity index (χ1) is 11.8. The number of methoxy groups -OCH3 is 2. The Bertz CT molecular complexity index is 890. The van der Waals surface area contributed by atoms with Crippen molar-refractivity contribution in [3.63, 3.8) is 0 Å². The van der Waals surface area contributed by atoms with Crippen LogP contribution in [0.1, 0.15) is 22.8 Å². The molecule has 0 fully saturated rings. The van der Waals surface area contributed by atoms with Gasteiger partial charge in [0.25, 0.3) is 5.91 Å². The first kappa shape index (κ1) is 18.8. The van der Waals surface area contributed by atoms with Crippen molar-refractivity contribution in [1.82, 2.24) is 0 Å². The molecule has 0 radical (unpaired) electrons. The first-order valence-corrected chi connectivity index (χ1v) is 9.35. The highest BCUT2D eigenvalue weighted by Crippen LogP contribution is 2.33. The van der Waals surface area contributed by atoms with Crippen molar-refractivity contribution in [2.24, 2.45) is 0 Å². The summed E-state index contributed by atoms with van der Waals surface area (Å²) in [5.41, 5.74) is 1.40. The lowest BCUT2D eigenvalue weighted by molar-refractivity contribution is 0.102. The lowest BCUT2D eigenvalue weighted by Crippen LogP contribution is -2.17. The maximum Gasteiger partial charge on any atom is 0.256 e. The molecule has 2 rings (SSSR count). The standard InChI is InChI=1S/C18H21NO5S/c1-5-25(21,22)17-9-7-6-8-13(17)18(20)19-14-11-16(24-4)15(23-3)10-12(14)2/h6-11H,5H2,1-4H3,(H,19,20). The van der Waals surface area contributed by atoms with Gasteiger partial charge >= 0.3 is 0 Å². The topological polar surface area (TPSA) is 81.7 Å². The first-order valence-electron chi connectivity index (χ1n) is 7.69. The van der Waals surface area contributed by atoms with Crippen LogP contribution in [0.3, 0.4) is 0 Å². The van der Waals surface area contributed by atoms with E-state index in [2.05, 4.69) is 5.32 Å². The van der Waals surface area contributed by atoms with Gasteiger partial charge in [0, 0.05) is 11.8 Å². The molecule has 25 heavy (non-hydrogen) atoms.